The number of nitrogen functional groups attached to an aromatic ring is 1. The minimum atomic E-state index is -0.805. The van der Waals surface area contributed by atoms with Gasteiger partial charge in [0.2, 0.25) is 5.91 Å². The van der Waals surface area contributed by atoms with Crippen molar-refractivity contribution < 1.29 is 24.2 Å². The van der Waals surface area contributed by atoms with Crippen LogP contribution in [0.4, 0.5) is 21.9 Å². The largest absolute Gasteiger partial charge is 0.491 e. The number of carbonyl (C=O) groups excluding carboxylic acids is 2. The predicted molar refractivity (Wildman–Crippen MR) is 154 cm³/mol. The lowest BCUT2D eigenvalue weighted by molar-refractivity contribution is -0.111. The lowest BCUT2D eigenvalue weighted by Crippen LogP contribution is -2.22. The van der Waals surface area contributed by atoms with Gasteiger partial charge in [-0.15, -0.1) is 0 Å². The zero-order valence-corrected chi connectivity index (χ0v) is 21.5. The van der Waals surface area contributed by atoms with E-state index in [0.717, 1.165) is 10.8 Å². The molecule has 2 atom stereocenters. The van der Waals surface area contributed by atoms with E-state index in [0.29, 0.717) is 28.4 Å². The van der Waals surface area contributed by atoms with Gasteiger partial charge in [0.05, 0.1) is 23.7 Å². The minimum absolute atomic E-state index is 0.0804. The van der Waals surface area contributed by atoms with Gasteiger partial charge in [0.25, 0.3) is 0 Å². The molecule has 0 fully saturated rings. The molecule has 8 heteroatoms. The number of aliphatic hydroxyl groups is 1. The maximum absolute atomic E-state index is 13.2. The number of anilines is 3. The highest BCUT2D eigenvalue weighted by Gasteiger charge is 2.26. The highest BCUT2D eigenvalue weighted by molar-refractivity contribution is 6.01. The van der Waals surface area contributed by atoms with Crippen LogP contribution in [0.25, 0.3) is 10.8 Å². The van der Waals surface area contributed by atoms with Crippen molar-refractivity contribution >= 4 is 39.8 Å². The highest BCUT2D eigenvalue weighted by Crippen LogP contribution is 2.35. The molecule has 4 aromatic carbocycles. The number of para-hydroxylation sites is 3. The van der Waals surface area contributed by atoms with Crippen LogP contribution >= 0.6 is 0 Å². The van der Waals surface area contributed by atoms with Crippen molar-refractivity contribution in [3.8, 4) is 5.75 Å². The second-order valence-electron chi connectivity index (χ2n) is 8.88. The number of amides is 2. The number of ether oxygens (including phenoxy) is 2. The lowest BCUT2D eigenvalue weighted by atomic mass is 9.95. The molecule has 4 rings (SSSR count). The Morgan fingerprint density at radius 3 is 2.41 bits per heavy atom. The Labute approximate surface area is 227 Å². The molecule has 0 aliphatic heterocycles. The van der Waals surface area contributed by atoms with Crippen molar-refractivity contribution in [1.82, 2.24) is 0 Å². The Hall–Kier alpha value is -4.82. The molecule has 5 N–H and O–H groups in total. The summed E-state index contributed by atoms with van der Waals surface area (Å²) in [6.07, 6.45) is 1.58. The molecule has 8 nitrogen and oxygen atoms in total. The lowest BCUT2D eigenvalue weighted by Gasteiger charge is -2.25. The molecule has 0 radical (unpaired) electrons. The summed E-state index contributed by atoms with van der Waals surface area (Å²) in [5.74, 6) is -0.333. The predicted octanol–water partition coefficient (Wildman–Crippen LogP) is 5.91. The zero-order valence-electron chi connectivity index (χ0n) is 21.5. The average Bonchev–Trinajstić information content (AvgIpc) is 2.95. The van der Waals surface area contributed by atoms with E-state index in [1.165, 1.54) is 6.08 Å². The summed E-state index contributed by atoms with van der Waals surface area (Å²) in [7, 11) is 0. The minimum Gasteiger partial charge on any atom is -0.491 e. The first-order valence-electron chi connectivity index (χ1n) is 12.6. The first kappa shape index (κ1) is 27.2. The van der Waals surface area contributed by atoms with E-state index in [1.807, 2.05) is 43.3 Å². The van der Waals surface area contributed by atoms with Crippen molar-refractivity contribution in [2.75, 3.05) is 29.6 Å². The first-order valence-corrected chi connectivity index (χ1v) is 12.6. The molecule has 0 saturated heterocycles. The molecule has 0 spiro atoms. The number of nitrogens with one attached hydrogen (secondary N) is 2. The number of hydrogen-bond donors (Lipinski definition) is 4. The van der Waals surface area contributed by atoms with Crippen molar-refractivity contribution in [1.29, 1.82) is 0 Å². The summed E-state index contributed by atoms with van der Waals surface area (Å²) in [6, 6.07) is 27.4. The number of hydrogen-bond acceptors (Lipinski definition) is 6. The molecule has 0 saturated carbocycles. The van der Waals surface area contributed by atoms with E-state index in [-0.39, 0.29) is 19.1 Å². The fraction of sp³-hybridized carbons (Fsp3) is 0.161. The molecule has 0 bridgehead atoms. The maximum atomic E-state index is 13.2. The molecule has 200 valence electrons. The smallest absolute Gasteiger partial charge is 0.412 e. The molecule has 39 heavy (non-hydrogen) atoms. The first-order chi connectivity index (χ1) is 19.0. The summed E-state index contributed by atoms with van der Waals surface area (Å²) >= 11 is 0. The van der Waals surface area contributed by atoms with Gasteiger partial charge >= 0.3 is 6.09 Å². The standard InChI is InChI=1S/C31H31N3O5/c1-21(17-18-29(36)33-27-14-6-5-13-25(27)32)30(24-12-4-7-16-28(24)38-20-19-35)39-31(37)34-26-15-8-10-22-9-2-3-11-23(22)26/h2-18,21,30,35H,19-20,32H2,1H3,(H,33,36)(H,34,37)/b18-17+/t21-,30+/m1/s1. The third-order valence-corrected chi connectivity index (χ3v) is 6.08. The second-order valence-corrected chi connectivity index (χ2v) is 8.88. The van der Waals surface area contributed by atoms with Crippen molar-refractivity contribution in [2.45, 2.75) is 13.0 Å². The molecule has 0 unspecified atom stereocenters. The van der Waals surface area contributed by atoms with Crippen LogP contribution in [0.1, 0.15) is 18.6 Å². The highest BCUT2D eigenvalue weighted by atomic mass is 16.6. The van der Waals surface area contributed by atoms with E-state index >= 15 is 0 Å². The van der Waals surface area contributed by atoms with Gasteiger partial charge < -0.3 is 25.6 Å². The quantitative estimate of drug-likeness (QED) is 0.151. The molecular formula is C31H31N3O5. The van der Waals surface area contributed by atoms with Gasteiger partial charge in [-0.25, -0.2) is 4.79 Å². The van der Waals surface area contributed by atoms with Gasteiger partial charge in [-0.05, 0) is 35.7 Å². The molecule has 0 aliphatic rings. The Balaban J connectivity index is 1.57. The van der Waals surface area contributed by atoms with Crippen LogP contribution in [0.3, 0.4) is 0 Å². The molecular weight excluding hydrogens is 494 g/mol. The molecule has 2 amide bonds. The molecule has 0 aromatic heterocycles. The number of nitrogens with two attached hydrogens (primary N) is 1. The second kappa shape index (κ2) is 13.1. The van der Waals surface area contributed by atoms with Crippen LogP contribution < -0.4 is 21.1 Å². The van der Waals surface area contributed by atoms with Gasteiger partial charge in [-0.3, -0.25) is 10.1 Å². The van der Waals surface area contributed by atoms with Crippen LogP contribution in [0.5, 0.6) is 5.75 Å². The van der Waals surface area contributed by atoms with E-state index < -0.39 is 18.1 Å². The normalized spacial score (nSPS) is 12.6. The van der Waals surface area contributed by atoms with Crippen LogP contribution in [-0.2, 0) is 9.53 Å². The number of aliphatic hydroxyl groups excluding tert-OH is 1. The van der Waals surface area contributed by atoms with Crippen LogP contribution in [0.15, 0.2) is 103 Å². The fourth-order valence-electron chi connectivity index (χ4n) is 4.17. The van der Waals surface area contributed by atoms with Gasteiger partial charge in [-0.2, -0.15) is 0 Å². The number of fused-ring (bicyclic) bond motifs is 1. The van der Waals surface area contributed by atoms with E-state index in [4.69, 9.17) is 15.2 Å². The number of rotatable bonds is 10. The number of carbonyl (C=O) groups is 2. The van der Waals surface area contributed by atoms with E-state index in [9.17, 15) is 14.7 Å². The van der Waals surface area contributed by atoms with Gasteiger partial charge in [0, 0.05) is 16.9 Å². The van der Waals surface area contributed by atoms with Crippen molar-refractivity contribution in [3.05, 3.63) is 109 Å². The fourth-order valence-corrected chi connectivity index (χ4v) is 4.17. The Morgan fingerprint density at radius 2 is 1.59 bits per heavy atom. The summed E-state index contributed by atoms with van der Waals surface area (Å²) in [5.41, 5.74) is 8.10. The van der Waals surface area contributed by atoms with Gasteiger partial charge in [0.1, 0.15) is 18.5 Å². The molecule has 4 aromatic rings. The SMILES string of the molecule is C[C@H](/C=C/C(=O)Nc1ccccc1N)[C@H](OC(=O)Nc1cccc2ccccc12)c1ccccc1OCCO. The summed E-state index contributed by atoms with van der Waals surface area (Å²) in [4.78, 5) is 25.8. The zero-order chi connectivity index (χ0) is 27.6. The van der Waals surface area contributed by atoms with Gasteiger partial charge in [0.15, 0.2) is 0 Å². The van der Waals surface area contributed by atoms with Gasteiger partial charge in [-0.1, -0.05) is 79.7 Å². The molecule has 0 aliphatic carbocycles. The Morgan fingerprint density at radius 1 is 0.897 bits per heavy atom. The van der Waals surface area contributed by atoms with E-state index in [2.05, 4.69) is 10.6 Å². The third kappa shape index (κ3) is 7.15. The molecule has 0 heterocycles. The Bertz CT molecular complexity index is 1460. The van der Waals surface area contributed by atoms with Crippen LogP contribution in [0.2, 0.25) is 0 Å². The summed E-state index contributed by atoms with van der Waals surface area (Å²) in [5, 5.41) is 16.7. The van der Waals surface area contributed by atoms with Crippen molar-refractivity contribution in [2.24, 2.45) is 5.92 Å². The Kier molecular flexibility index (Phi) is 9.16. The van der Waals surface area contributed by atoms with Crippen molar-refractivity contribution in [3.63, 3.8) is 0 Å². The third-order valence-electron chi connectivity index (χ3n) is 6.08. The topological polar surface area (TPSA) is 123 Å². The van der Waals surface area contributed by atoms with E-state index in [1.54, 1.807) is 60.7 Å². The van der Waals surface area contributed by atoms with Crippen LogP contribution in [-0.4, -0.2) is 30.3 Å². The monoisotopic (exact) mass is 525 g/mol. The number of benzene rings is 4. The summed E-state index contributed by atoms with van der Waals surface area (Å²) < 4.78 is 11.7. The van der Waals surface area contributed by atoms with Crippen LogP contribution in [0, 0.1) is 5.92 Å². The summed E-state index contributed by atoms with van der Waals surface area (Å²) in [6.45, 7) is 1.75. The average molecular weight is 526 g/mol. The maximum Gasteiger partial charge on any atom is 0.412 e.